The molecule has 62 heavy (non-hydrogen) atoms. The summed E-state index contributed by atoms with van der Waals surface area (Å²) in [5.41, 5.74) is 3.67. The number of thioether (sulfide) groups is 12. The molecule has 4 aliphatic heterocycles. The van der Waals surface area contributed by atoms with E-state index in [0.717, 1.165) is 41.1 Å². The molecule has 6 heterocycles. The first-order chi connectivity index (χ1) is 30.4. The molecule has 0 aromatic carbocycles. The van der Waals surface area contributed by atoms with Crippen LogP contribution in [0.4, 0.5) is 0 Å². The van der Waals surface area contributed by atoms with Crippen LogP contribution in [0.5, 0.6) is 0 Å². The normalized spacial score (nSPS) is 17.2. The zero-order valence-electron chi connectivity index (χ0n) is 36.3. The zero-order valence-corrected chi connectivity index (χ0v) is 47.9. The number of thiol groups is 2. The third kappa shape index (κ3) is 16.4. The highest BCUT2D eigenvalue weighted by Crippen LogP contribution is 2.67. The van der Waals surface area contributed by atoms with E-state index in [1.807, 2.05) is 70.6 Å². The molecule has 16 heteroatoms. The lowest BCUT2D eigenvalue weighted by Crippen LogP contribution is -1.94. The minimum Gasteiger partial charge on any atom is -0.246 e. The number of nitrogens with zero attached hydrogens (tertiary/aromatic N) is 2. The molecule has 338 valence electrons. The van der Waals surface area contributed by atoms with Gasteiger partial charge in [-0.05, 0) is 73.0 Å². The first-order valence-electron chi connectivity index (χ1n) is 22.1. The molecule has 6 rings (SSSR count). The van der Waals surface area contributed by atoms with Crippen LogP contribution < -0.4 is 0 Å². The van der Waals surface area contributed by atoms with Crippen molar-refractivity contribution in [1.29, 1.82) is 0 Å². The van der Waals surface area contributed by atoms with Crippen molar-refractivity contribution in [1.82, 2.24) is 9.97 Å². The molecule has 4 aliphatic rings. The van der Waals surface area contributed by atoms with Crippen LogP contribution in [0.2, 0.25) is 0 Å². The van der Waals surface area contributed by atoms with Gasteiger partial charge in [-0.2, -0.15) is 0 Å². The van der Waals surface area contributed by atoms with Crippen molar-refractivity contribution in [3.63, 3.8) is 0 Å². The summed E-state index contributed by atoms with van der Waals surface area (Å²) in [6, 6.07) is 12.6. The average Bonchev–Trinajstić information content (AvgIpc) is 4.09. The van der Waals surface area contributed by atoms with Gasteiger partial charge < -0.3 is 0 Å². The molecule has 0 radical (unpaired) electrons. The molecule has 2 nitrogen and oxygen atoms in total. The molecule has 0 N–H and O–H groups in total. The molecule has 0 aliphatic carbocycles. The lowest BCUT2D eigenvalue weighted by Gasteiger charge is -2.08. The molecular weight excluding hydrogens is 1030 g/mol. The van der Waals surface area contributed by atoms with Gasteiger partial charge in [-0.1, -0.05) is 211 Å². The third-order valence-electron chi connectivity index (χ3n) is 9.72. The minimum absolute atomic E-state index is 0.877. The van der Waals surface area contributed by atoms with Crippen LogP contribution in [0.25, 0.3) is 21.2 Å². The second kappa shape index (κ2) is 29.6. The Kier molecular flexibility index (Phi) is 25.3. The molecule has 0 amide bonds. The highest BCUT2D eigenvalue weighted by molar-refractivity contribution is 8.44. The van der Waals surface area contributed by atoms with E-state index in [1.165, 1.54) is 160 Å². The monoisotopic (exact) mass is 1090 g/mol. The smallest absolute Gasteiger partial charge is 0.0894 e. The Labute approximate surface area is 436 Å². The molecule has 2 aromatic heterocycles. The summed E-state index contributed by atoms with van der Waals surface area (Å²) < 4.78 is 13.5. The standard InChI is InChI=1S/C46H60N2S14/c1-5-9-13-17-27-51-39-40(52-28-18-14-10-6-2)60-45(59-39)43-55-35(37(49)57-43)33-25-21-23-31(47-33)32-24-22-26-34(48-32)36-38(50)58-44(56-36)46-61-41(53-29-19-15-11-7-3)42(62-46)54-30-20-16-12-8-4/h21-26,49-50H,5-20,27-30H2,1-4H3. The van der Waals surface area contributed by atoms with Gasteiger partial charge in [0, 0.05) is 0 Å². The summed E-state index contributed by atoms with van der Waals surface area (Å²) in [5.74, 6) is 4.82. The SMILES string of the molecule is CCCCCCSC1=C(SCCCCCC)SC(=C2SC(S)=C(c3cccc(-c4cccc(C5=C(S)SC(=C6SC(SCCCCCC)=C(SCCCCCC)S6)S5)n4)n3)S2)S1. The predicted molar refractivity (Wildman–Crippen MR) is 315 cm³/mol. The van der Waals surface area contributed by atoms with Gasteiger partial charge >= 0.3 is 0 Å². The highest BCUT2D eigenvalue weighted by atomic mass is 32.3. The molecule has 0 atom stereocenters. The van der Waals surface area contributed by atoms with Crippen molar-refractivity contribution in [2.24, 2.45) is 0 Å². The predicted octanol–water partition coefficient (Wildman–Crippen LogP) is 20.9. The zero-order chi connectivity index (χ0) is 43.5. The summed E-state index contributed by atoms with van der Waals surface area (Å²) in [5, 5.41) is 0. The topological polar surface area (TPSA) is 25.8 Å². The summed E-state index contributed by atoms with van der Waals surface area (Å²) in [6.45, 7) is 9.17. The molecule has 0 saturated carbocycles. The number of hydrogen-bond acceptors (Lipinski definition) is 16. The Morgan fingerprint density at radius 3 is 0.968 bits per heavy atom. The van der Waals surface area contributed by atoms with Crippen molar-refractivity contribution < 1.29 is 0 Å². The fraction of sp³-hybridized carbons (Fsp3) is 0.522. The highest BCUT2D eigenvalue weighted by Gasteiger charge is 2.32. The Morgan fingerprint density at radius 2 is 0.661 bits per heavy atom. The van der Waals surface area contributed by atoms with E-state index in [4.69, 9.17) is 35.2 Å². The average molecular weight is 1090 g/mol. The molecule has 0 saturated heterocycles. The van der Waals surface area contributed by atoms with Crippen LogP contribution in [0.3, 0.4) is 0 Å². The number of aromatic nitrogens is 2. The van der Waals surface area contributed by atoms with Gasteiger partial charge in [-0.15, -0.1) is 72.3 Å². The van der Waals surface area contributed by atoms with Crippen LogP contribution in [0, 0.1) is 0 Å². The van der Waals surface area contributed by atoms with Crippen LogP contribution in [-0.4, -0.2) is 33.0 Å². The van der Waals surface area contributed by atoms with Crippen molar-refractivity contribution in [3.8, 4) is 11.4 Å². The molecular formula is C46H60N2S14. The molecule has 0 spiro atoms. The Morgan fingerprint density at radius 1 is 0.371 bits per heavy atom. The largest absolute Gasteiger partial charge is 0.246 e. The van der Waals surface area contributed by atoms with E-state index in [1.54, 1.807) is 23.5 Å². The van der Waals surface area contributed by atoms with Crippen molar-refractivity contribution >= 4 is 176 Å². The lowest BCUT2D eigenvalue weighted by atomic mass is 10.2. The Bertz CT molecular complexity index is 1800. The van der Waals surface area contributed by atoms with Gasteiger partial charge in [0.2, 0.25) is 0 Å². The van der Waals surface area contributed by atoms with Gasteiger partial charge in [0.05, 0.1) is 75.0 Å². The fourth-order valence-electron chi connectivity index (χ4n) is 6.32. The Balaban J connectivity index is 1.11. The Hall–Kier alpha value is 1.64. The van der Waals surface area contributed by atoms with Gasteiger partial charge in [-0.3, -0.25) is 0 Å². The summed E-state index contributed by atoms with van der Waals surface area (Å²) in [6.07, 6.45) is 21.0. The molecule has 0 fully saturated rings. The molecule has 0 unspecified atom stereocenters. The number of hydrogen-bond donors (Lipinski definition) is 2. The second-order valence-electron chi connectivity index (χ2n) is 14.8. The van der Waals surface area contributed by atoms with E-state index in [-0.39, 0.29) is 0 Å². The maximum absolute atomic E-state index is 5.23. The molecule has 2 aromatic rings. The van der Waals surface area contributed by atoms with Gasteiger partial charge in [0.15, 0.2) is 0 Å². The van der Waals surface area contributed by atoms with Crippen LogP contribution in [0.1, 0.15) is 142 Å². The number of pyridine rings is 2. The quantitative estimate of drug-likeness (QED) is 0.0657. The number of rotatable bonds is 27. The first kappa shape index (κ1) is 53.0. The van der Waals surface area contributed by atoms with Crippen LogP contribution in [0.15, 0.2) is 78.8 Å². The summed E-state index contributed by atoms with van der Waals surface area (Å²) in [7, 11) is 0. The molecule has 0 bridgehead atoms. The maximum atomic E-state index is 5.23. The lowest BCUT2D eigenvalue weighted by molar-refractivity contribution is 0.707. The van der Waals surface area contributed by atoms with E-state index in [0.29, 0.717) is 0 Å². The summed E-state index contributed by atoms with van der Waals surface area (Å²) in [4.78, 5) is 12.7. The van der Waals surface area contributed by atoms with Crippen LogP contribution >= 0.6 is 166 Å². The third-order valence-corrected chi connectivity index (χ3v) is 28.3. The van der Waals surface area contributed by atoms with Gasteiger partial charge in [0.25, 0.3) is 0 Å². The fourth-order valence-corrected chi connectivity index (χ4v) is 24.9. The van der Waals surface area contributed by atoms with E-state index < -0.39 is 0 Å². The van der Waals surface area contributed by atoms with Gasteiger partial charge in [0.1, 0.15) is 0 Å². The van der Waals surface area contributed by atoms with Crippen molar-refractivity contribution in [3.05, 3.63) is 90.2 Å². The number of unbranched alkanes of at least 4 members (excludes halogenated alkanes) is 12. The van der Waals surface area contributed by atoms with Crippen molar-refractivity contribution in [2.75, 3.05) is 23.0 Å². The maximum Gasteiger partial charge on any atom is 0.0894 e. The van der Waals surface area contributed by atoms with Crippen molar-refractivity contribution in [2.45, 2.75) is 130 Å². The minimum atomic E-state index is 0.877. The van der Waals surface area contributed by atoms with E-state index >= 15 is 0 Å². The second-order valence-corrected chi connectivity index (χ2v) is 31.0. The van der Waals surface area contributed by atoms with Crippen LogP contribution in [-0.2, 0) is 0 Å². The first-order valence-corrected chi connectivity index (χ1v) is 33.5. The van der Waals surface area contributed by atoms with E-state index in [9.17, 15) is 0 Å². The summed E-state index contributed by atoms with van der Waals surface area (Å²) >= 11 is 33.6. The van der Waals surface area contributed by atoms with E-state index in [2.05, 4.69) is 111 Å². The van der Waals surface area contributed by atoms with Gasteiger partial charge in [-0.25, -0.2) is 9.97 Å².